The maximum absolute atomic E-state index is 12.2. The van der Waals surface area contributed by atoms with Gasteiger partial charge in [0.15, 0.2) is 0 Å². The molecule has 0 radical (unpaired) electrons. The summed E-state index contributed by atoms with van der Waals surface area (Å²) >= 11 is 0. The molecule has 1 amide bonds. The Morgan fingerprint density at radius 2 is 2.05 bits per heavy atom. The SMILES string of the molecule is CCOCCN(C)C(=O)c1ccc(S(N)(=O)=O)cc1C. The third-order valence-corrected chi connectivity index (χ3v) is 3.79. The van der Waals surface area contributed by atoms with E-state index in [2.05, 4.69) is 0 Å². The summed E-state index contributed by atoms with van der Waals surface area (Å²) in [5.74, 6) is -0.178. The largest absolute Gasteiger partial charge is 0.380 e. The maximum atomic E-state index is 12.2. The van der Waals surface area contributed by atoms with Crippen molar-refractivity contribution in [2.75, 3.05) is 26.8 Å². The van der Waals surface area contributed by atoms with E-state index in [1.807, 2.05) is 6.92 Å². The Balaban J connectivity index is 2.89. The summed E-state index contributed by atoms with van der Waals surface area (Å²) in [5, 5.41) is 5.05. The third-order valence-electron chi connectivity index (χ3n) is 2.88. The van der Waals surface area contributed by atoms with E-state index in [4.69, 9.17) is 9.88 Å². The van der Waals surface area contributed by atoms with Crippen molar-refractivity contribution in [2.45, 2.75) is 18.7 Å². The number of benzene rings is 1. The molecule has 0 unspecified atom stereocenters. The van der Waals surface area contributed by atoms with E-state index in [-0.39, 0.29) is 10.8 Å². The van der Waals surface area contributed by atoms with Gasteiger partial charge in [-0.2, -0.15) is 0 Å². The number of amides is 1. The summed E-state index contributed by atoms with van der Waals surface area (Å²) in [6.07, 6.45) is 0. The number of ether oxygens (including phenoxy) is 1. The standard InChI is InChI=1S/C13H20N2O4S/c1-4-19-8-7-15(3)13(16)12-6-5-11(9-10(12)2)20(14,17)18/h5-6,9H,4,7-8H2,1-3H3,(H2,14,17,18). The van der Waals surface area contributed by atoms with Gasteiger partial charge in [0.05, 0.1) is 11.5 Å². The molecular weight excluding hydrogens is 280 g/mol. The summed E-state index contributed by atoms with van der Waals surface area (Å²) in [6, 6.07) is 4.22. The second-order valence-corrected chi connectivity index (χ2v) is 6.01. The van der Waals surface area contributed by atoms with Gasteiger partial charge in [-0.25, -0.2) is 13.6 Å². The van der Waals surface area contributed by atoms with Crippen LogP contribution in [0.3, 0.4) is 0 Å². The van der Waals surface area contributed by atoms with E-state index >= 15 is 0 Å². The van der Waals surface area contributed by atoms with Gasteiger partial charge in [0.25, 0.3) is 5.91 Å². The van der Waals surface area contributed by atoms with Gasteiger partial charge in [-0.05, 0) is 37.6 Å². The summed E-state index contributed by atoms with van der Waals surface area (Å²) in [6.45, 7) is 5.11. The highest BCUT2D eigenvalue weighted by molar-refractivity contribution is 7.89. The second kappa shape index (κ2) is 6.83. The van der Waals surface area contributed by atoms with Crippen LogP contribution in [0.25, 0.3) is 0 Å². The lowest BCUT2D eigenvalue weighted by Crippen LogP contribution is -2.30. The number of rotatable bonds is 6. The normalized spacial score (nSPS) is 11.4. The molecule has 0 aliphatic carbocycles. The maximum Gasteiger partial charge on any atom is 0.253 e. The number of nitrogens with zero attached hydrogens (tertiary/aromatic N) is 1. The van der Waals surface area contributed by atoms with Gasteiger partial charge < -0.3 is 9.64 Å². The number of hydrogen-bond donors (Lipinski definition) is 1. The Morgan fingerprint density at radius 3 is 2.55 bits per heavy atom. The molecule has 0 fully saturated rings. The Morgan fingerprint density at radius 1 is 1.40 bits per heavy atom. The lowest BCUT2D eigenvalue weighted by Gasteiger charge is -2.18. The fourth-order valence-electron chi connectivity index (χ4n) is 1.71. The molecule has 0 heterocycles. The molecule has 0 aromatic heterocycles. The summed E-state index contributed by atoms with van der Waals surface area (Å²) < 4.78 is 27.7. The Hall–Kier alpha value is -1.44. The van der Waals surface area contributed by atoms with E-state index in [0.717, 1.165) is 0 Å². The third kappa shape index (κ3) is 4.29. The van der Waals surface area contributed by atoms with Crippen LogP contribution in [0.5, 0.6) is 0 Å². The quantitative estimate of drug-likeness (QED) is 0.785. The lowest BCUT2D eigenvalue weighted by molar-refractivity contribution is 0.0709. The highest BCUT2D eigenvalue weighted by atomic mass is 32.2. The molecule has 112 valence electrons. The molecule has 0 aliphatic heterocycles. The van der Waals surface area contributed by atoms with Crippen molar-refractivity contribution in [2.24, 2.45) is 5.14 Å². The van der Waals surface area contributed by atoms with Crippen LogP contribution < -0.4 is 5.14 Å². The van der Waals surface area contributed by atoms with E-state index in [0.29, 0.717) is 30.9 Å². The lowest BCUT2D eigenvalue weighted by atomic mass is 10.1. The van der Waals surface area contributed by atoms with Gasteiger partial charge in [0, 0.05) is 25.8 Å². The predicted octanol–water partition coefficient (Wildman–Crippen LogP) is 0.751. The second-order valence-electron chi connectivity index (χ2n) is 4.45. The highest BCUT2D eigenvalue weighted by Gasteiger charge is 2.16. The first-order valence-corrected chi connectivity index (χ1v) is 7.78. The van der Waals surface area contributed by atoms with Gasteiger partial charge in [-0.15, -0.1) is 0 Å². The van der Waals surface area contributed by atoms with E-state index in [1.165, 1.54) is 23.1 Å². The minimum atomic E-state index is -3.75. The first-order chi connectivity index (χ1) is 9.27. The molecule has 0 saturated carbocycles. The predicted molar refractivity (Wildman–Crippen MR) is 76.0 cm³/mol. The zero-order chi connectivity index (χ0) is 15.3. The van der Waals surface area contributed by atoms with Crippen LogP contribution >= 0.6 is 0 Å². The number of hydrogen-bond acceptors (Lipinski definition) is 4. The number of aryl methyl sites for hydroxylation is 1. The first-order valence-electron chi connectivity index (χ1n) is 6.24. The number of likely N-dealkylation sites (N-methyl/N-ethyl adjacent to an activating group) is 1. The van der Waals surface area contributed by atoms with Crippen LogP contribution in [0, 0.1) is 6.92 Å². The van der Waals surface area contributed by atoms with Crippen molar-refractivity contribution in [1.29, 1.82) is 0 Å². The van der Waals surface area contributed by atoms with Crippen molar-refractivity contribution in [3.8, 4) is 0 Å². The molecule has 1 aromatic rings. The summed E-state index contributed by atoms with van der Waals surface area (Å²) in [5.41, 5.74) is 1.03. The van der Waals surface area contributed by atoms with Gasteiger partial charge in [-0.3, -0.25) is 4.79 Å². The molecule has 1 aromatic carbocycles. The zero-order valence-electron chi connectivity index (χ0n) is 11.9. The van der Waals surface area contributed by atoms with Crippen LogP contribution in [0.4, 0.5) is 0 Å². The molecule has 0 atom stereocenters. The topological polar surface area (TPSA) is 89.7 Å². The number of nitrogens with two attached hydrogens (primary N) is 1. The van der Waals surface area contributed by atoms with Gasteiger partial charge in [-0.1, -0.05) is 0 Å². The van der Waals surface area contributed by atoms with Crippen molar-refractivity contribution < 1.29 is 17.9 Å². The van der Waals surface area contributed by atoms with Gasteiger partial charge in [0.2, 0.25) is 10.0 Å². The zero-order valence-corrected chi connectivity index (χ0v) is 12.7. The minimum absolute atomic E-state index is 0.00326. The average molecular weight is 300 g/mol. The van der Waals surface area contributed by atoms with Crippen LogP contribution in [0.2, 0.25) is 0 Å². The molecule has 2 N–H and O–H groups in total. The fraction of sp³-hybridized carbons (Fsp3) is 0.462. The monoisotopic (exact) mass is 300 g/mol. The Bertz CT molecular complexity index is 584. The summed E-state index contributed by atoms with van der Waals surface area (Å²) in [4.78, 5) is 13.7. The molecule has 0 bridgehead atoms. The average Bonchev–Trinajstić information content (AvgIpc) is 2.37. The molecule has 20 heavy (non-hydrogen) atoms. The molecular formula is C13H20N2O4S. The van der Waals surface area contributed by atoms with Crippen LogP contribution in [0.15, 0.2) is 23.1 Å². The Labute approximate surface area is 119 Å². The molecule has 1 rings (SSSR count). The Kier molecular flexibility index (Phi) is 5.67. The van der Waals surface area contributed by atoms with Crippen LogP contribution in [0.1, 0.15) is 22.8 Å². The molecule has 0 spiro atoms. The minimum Gasteiger partial charge on any atom is -0.380 e. The smallest absolute Gasteiger partial charge is 0.253 e. The van der Waals surface area contributed by atoms with E-state index in [1.54, 1.807) is 14.0 Å². The molecule has 7 heteroatoms. The van der Waals surface area contributed by atoms with E-state index in [9.17, 15) is 13.2 Å². The van der Waals surface area contributed by atoms with Crippen LogP contribution in [-0.4, -0.2) is 46.0 Å². The van der Waals surface area contributed by atoms with Gasteiger partial charge >= 0.3 is 0 Å². The molecule has 6 nitrogen and oxygen atoms in total. The highest BCUT2D eigenvalue weighted by Crippen LogP contribution is 2.15. The number of sulfonamides is 1. The molecule has 0 aliphatic rings. The molecule has 0 saturated heterocycles. The van der Waals surface area contributed by atoms with Crippen molar-refractivity contribution >= 4 is 15.9 Å². The first kappa shape index (κ1) is 16.6. The van der Waals surface area contributed by atoms with Crippen molar-refractivity contribution in [3.63, 3.8) is 0 Å². The van der Waals surface area contributed by atoms with Crippen molar-refractivity contribution in [1.82, 2.24) is 4.90 Å². The van der Waals surface area contributed by atoms with Gasteiger partial charge in [0.1, 0.15) is 0 Å². The number of carbonyl (C=O) groups is 1. The van der Waals surface area contributed by atoms with E-state index < -0.39 is 10.0 Å². The summed E-state index contributed by atoms with van der Waals surface area (Å²) in [7, 11) is -2.08. The fourth-order valence-corrected chi connectivity index (χ4v) is 2.30. The number of carbonyl (C=O) groups excluding carboxylic acids is 1. The van der Waals surface area contributed by atoms with Crippen molar-refractivity contribution in [3.05, 3.63) is 29.3 Å². The number of primary sulfonamides is 1. The van der Waals surface area contributed by atoms with Crippen LogP contribution in [-0.2, 0) is 14.8 Å².